The molecule has 0 radical (unpaired) electrons. The fourth-order valence-corrected chi connectivity index (χ4v) is 2.17. The Balaban J connectivity index is 2.12. The van der Waals surface area contributed by atoms with E-state index in [2.05, 4.69) is 20.6 Å². The molecule has 0 bridgehead atoms. The van der Waals surface area contributed by atoms with Crippen LogP contribution in [0, 0.1) is 10.1 Å². The topological polar surface area (TPSA) is 154 Å². The van der Waals surface area contributed by atoms with Gasteiger partial charge in [-0.2, -0.15) is 9.97 Å². The second-order valence-corrected chi connectivity index (χ2v) is 4.97. The summed E-state index contributed by atoms with van der Waals surface area (Å²) in [7, 11) is 0. The van der Waals surface area contributed by atoms with Crippen molar-refractivity contribution in [1.29, 1.82) is 0 Å². The van der Waals surface area contributed by atoms with Crippen LogP contribution in [0.5, 0.6) is 0 Å². The lowest BCUT2D eigenvalue weighted by atomic mass is 10.2. The number of nitro groups is 1. The summed E-state index contributed by atoms with van der Waals surface area (Å²) >= 11 is 0. The highest BCUT2D eigenvalue weighted by Crippen LogP contribution is 2.29. The summed E-state index contributed by atoms with van der Waals surface area (Å²) in [5.41, 5.74) is 10.8. The van der Waals surface area contributed by atoms with E-state index >= 15 is 0 Å². The van der Waals surface area contributed by atoms with Crippen molar-refractivity contribution in [2.24, 2.45) is 5.73 Å². The zero-order valence-corrected chi connectivity index (χ0v) is 12.2. The van der Waals surface area contributed by atoms with Crippen LogP contribution in [0.25, 0.3) is 0 Å². The van der Waals surface area contributed by atoms with Crippen LogP contribution in [-0.2, 0) is 4.74 Å². The summed E-state index contributed by atoms with van der Waals surface area (Å²) in [6.07, 6.45) is 2.68. The van der Waals surface area contributed by atoms with Gasteiger partial charge in [-0.3, -0.25) is 10.1 Å². The molecule has 1 aliphatic heterocycles. The minimum atomic E-state index is -0.586. The number of aromatic nitrogens is 2. The molecule has 6 N–H and O–H groups in total. The highest BCUT2D eigenvalue weighted by Gasteiger charge is 2.24. The smallest absolute Gasteiger partial charge is 0.353 e. The molecule has 10 nitrogen and oxygen atoms in total. The number of nitrogens with two attached hydrogens (primary N) is 2. The van der Waals surface area contributed by atoms with Gasteiger partial charge in [0.05, 0.1) is 11.0 Å². The van der Waals surface area contributed by atoms with Gasteiger partial charge in [0, 0.05) is 19.7 Å². The number of nitrogens with one attached hydrogen (secondary N) is 2. The minimum Gasteiger partial charge on any atom is -0.378 e. The molecule has 0 aromatic carbocycles. The molecular weight excluding hydrogens is 290 g/mol. The number of hydrogen-bond acceptors (Lipinski definition) is 9. The molecule has 2 heterocycles. The predicted octanol–water partition coefficient (Wildman–Crippen LogP) is 0.319. The fraction of sp³-hybridized carbons (Fsp3) is 0.667. The third-order valence-corrected chi connectivity index (χ3v) is 3.28. The molecule has 0 amide bonds. The Morgan fingerprint density at radius 1 is 1.41 bits per heavy atom. The molecule has 0 spiro atoms. The van der Waals surface area contributed by atoms with Crippen LogP contribution in [0.2, 0.25) is 0 Å². The average molecular weight is 311 g/mol. The molecule has 1 saturated heterocycles. The van der Waals surface area contributed by atoms with E-state index in [1.54, 1.807) is 0 Å². The summed E-state index contributed by atoms with van der Waals surface area (Å²) in [5.74, 6) is 0.166. The van der Waals surface area contributed by atoms with Crippen molar-refractivity contribution in [3.63, 3.8) is 0 Å². The summed E-state index contributed by atoms with van der Waals surface area (Å²) in [6, 6.07) is 0. The summed E-state index contributed by atoms with van der Waals surface area (Å²) in [5, 5.41) is 17.0. The van der Waals surface area contributed by atoms with Gasteiger partial charge in [0.2, 0.25) is 17.6 Å². The maximum absolute atomic E-state index is 11.1. The Morgan fingerprint density at radius 3 is 2.86 bits per heavy atom. The second-order valence-electron chi connectivity index (χ2n) is 4.97. The van der Waals surface area contributed by atoms with E-state index in [-0.39, 0.29) is 29.4 Å². The summed E-state index contributed by atoms with van der Waals surface area (Å²) in [6.45, 7) is 2.25. The Bertz CT molecular complexity index is 520. The zero-order chi connectivity index (χ0) is 15.9. The number of hydrogen-bond donors (Lipinski definition) is 4. The molecule has 0 aliphatic carbocycles. The van der Waals surface area contributed by atoms with Gasteiger partial charge in [-0.1, -0.05) is 0 Å². The summed E-state index contributed by atoms with van der Waals surface area (Å²) in [4.78, 5) is 18.6. The monoisotopic (exact) mass is 311 g/mol. The standard InChI is InChI=1S/C12H21N7O3/c13-4-2-5-15-12-17-10(14)9(19(20)21)11(18-12)16-7-8-3-1-6-22-8/h8H,1-7,13H2,(H4,14,15,16,17,18). The summed E-state index contributed by atoms with van der Waals surface area (Å²) < 4.78 is 5.48. The van der Waals surface area contributed by atoms with E-state index in [1.807, 2.05) is 0 Å². The maximum Gasteiger partial charge on any atom is 0.353 e. The van der Waals surface area contributed by atoms with E-state index in [9.17, 15) is 10.1 Å². The minimum absolute atomic E-state index is 0.0319. The third kappa shape index (κ3) is 4.15. The lowest BCUT2D eigenvalue weighted by molar-refractivity contribution is -0.383. The predicted molar refractivity (Wildman–Crippen MR) is 82.7 cm³/mol. The number of anilines is 3. The molecule has 10 heteroatoms. The maximum atomic E-state index is 11.1. The fourth-order valence-electron chi connectivity index (χ4n) is 2.17. The van der Waals surface area contributed by atoms with Crippen molar-refractivity contribution in [2.45, 2.75) is 25.4 Å². The van der Waals surface area contributed by atoms with Crippen molar-refractivity contribution in [3.8, 4) is 0 Å². The van der Waals surface area contributed by atoms with Crippen molar-refractivity contribution >= 4 is 23.3 Å². The lowest BCUT2D eigenvalue weighted by Crippen LogP contribution is -2.21. The molecule has 1 unspecified atom stereocenters. The first-order valence-electron chi connectivity index (χ1n) is 7.23. The van der Waals surface area contributed by atoms with Gasteiger partial charge in [-0.05, 0) is 25.8 Å². The van der Waals surface area contributed by atoms with E-state index in [4.69, 9.17) is 16.2 Å². The Hall–Kier alpha value is -2.20. The number of nitrogen functional groups attached to an aromatic ring is 1. The Morgan fingerprint density at radius 2 is 2.23 bits per heavy atom. The molecule has 2 rings (SSSR count). The van der Waals surface area contributed by atoms with Crippen molar-refractivity contribution < 1.29 is 9.66 Å². The van der Waals surface area contributed by atoms with Crippen LogP contribution in [0.3, 0.4) is 0 Å². The Labute approximate surface area is 127 Å². The SMILES string of the molecule is NCCCNc1nc(N)c([N+](=O)[O-])c(NCC2CCCO2)n1. The van der Waals surface area contributed by atoms with Gasteiger partial charge in [-0.25, -0.2) is 0 Å². The molecule has 1 aromatic rings. The van der Waals surface area contributed by atoms with E-state index < -0.39 is 4.92 Å². The second kappa shape index (κ2) is 7.71. The van der Waals surface area contributed by atoms with Gasteiger partial charge in [-0.15, -0.1) is 0 Å². The number of ether oxygens (including phenoxy) is 1. The quantitative estimate of drug-likeness (QED) is 0.302. The van der Waals surface area contributed by atoms with Crippen LogP contribution >= 0.6 is 0 Å². The number of rotatable bonds is 8. The average Bonchev–Trinajstić information content (AvgIpc) is 2.97. The van der Waals surface area contributed by atoms with E-state index in [1.165, 1.54) is 0 Å². The normalized spacial score (nSPS) is 17.4. The Kier molecular flexibility index (Phi) is 5.67. The highest BCUT2D eigenvalue weighted by molar-refractivity contribution is 5.69. The molecule has 1 aliphatic rings. The van der Waals surface area contributed by atoms with Crippen molar-refractivity contribution in [1.82, 2.24) is 9.97 Å². The van der Waals surface area contributed by atoms with E-state index in [0.29, 0.717) is 26.2 Å². The number of nitrogens with zero attached hydrogens (tertiary/aromatic N) is 3. The molecule has 122 valence electrons. The third-order valence-electron chi connectivity index (χ3n) is 3.28. The van der Waals surface area contributed by atoms with Gasteiger partial charge in [0.25, 0.3) is 0 Å². The molecule has 22 heavy (non-hydrogen) atoms. The zero-order valence-electron chi connectivity index (χ0n) is 12.2. The van der Waals surface area contributed by atoms with Crippen LogP contribution in [0.15, 0.2) is 0 Å². The molecule has 1 fully saturated rings. The van der Waals surface area contributed by atoms with Gasteiger partial charge in [0.1, 0.15) is 0 Å². The van der Waals surface area contributed by atoms with Gasteiger partial charge >= 0.3 is 5.69 Å². The van der Waals surface area contributed by atoms with Crippen LogP contribution in [-0.4, -0.2) is 47.2 Å². The molecular formula is C12H21N7O3. The highest BCUT2D eigenvalue weighted by atomic mass is 16.6. The van der Waals surface area contributed by atoms with Crippen LogP contribution in [0.1, 0.15) is 19.3 Å². The van der Waals surface area contributed by atoms with Gasteiger partial charge < -0.3 is 26.8 Å². The first kappa shape index (κ1) is 16.2. The first-order chi connectivity index (χ1) is 10.6. The lowest BCUT2D eigenvalue weighted by Gasteiger charge is -2.13. The molecule has 1 aromatic heterocycles. The largest absolute Gasteiger partial charge is 0.378 e. The van der Waals surface area contributed by atoms with E-state index in [0.717, 1.165) is 19.3 Å². The van der Waals surface area contributed by atoms with Crippen LogP contribution < -0.4 is 22.1 Å². The molecule has 1 atom stereocenters. The van der Waals surface area contributed by atoms with Crippen molar-refractivity contribution in [3.05, 3.63) is 10.1 Å². The van der Waals surface area contributed by atoms with Gasteiger partial charge in [0.15, 0.2) is 0 Å². The van der Waals surface area contributed by atoms with Crippen molar-refractivity contribution in [2.75, 3.05) is 42.6 Å². The van der Waals surface area contributed by atoms with Crippen LogP contribution in [0.4, 0.5) is 23.3 Å². The first-order valence-corrected chi connectivity index (χ1v) is 7.23. The molecule has 0 saturated carbocycles.